The molecule has 0 N–H and O–H groups in total. The van der Waals surface area contributed by atoms with Gasteiger partial charge in [0.05, 0.1) is 0 Å². The first-order chi connectivity index (χ1) is 6.90. The molecule has 70 valence electrons. The number of nitrogens with zero attached hydrogens (tertiary/aromatic N) is 1. The Morgan fingerprint density at radius 1 is 1.00 bits per heavy atom. The maximum absolute atomic E-state index is 2.75. The van der Waals surface area contributed by atoms with E-state index in [4.69, 9.17) is 0 Å². The van der Waals surface area contributed by atoms with Gasteiger partial charge in [0.25, 0.3) is 0 Å². The van der Waals surface area contributed by atoms with Crippen molar-refractivity contribution in [1.82, 2.24) is 0 Å². The lowest BCUT2D eigenvalue weighted by molar-refractivity contribution is -0.794. The van der Waals surface area contributed by atoms with Crippen LogP contribution < -0.4 is 4.57 Å². The Labute approximate surface area is 83.8 Å². The quantitative estimate of drug-likeness (QED) is 0.537. The van der Waals surface area contributed by atoms with Crippen molar-refractivity contribution < 1.29 is 4.57 Å². The smallest absolute Gasteiger partial charge is 0.182 e. The summed E-state index contributed by atoms with van der Waals surface area (Å²) in [5, 5.41) is 0. The molecular weight excluding hydrogens is 170 g/mol. The van der Waals surface area contributed by atoms with Crippen LogP contribution in [0.4, 0.5) is 0 Å². The summed E-state index contributed by atoms with van der Waals surface area (Å²) in [6, 6.07) is 6.98. The van der Waals surface area contributed by atoms with Gasteiger partial charge >= 0.3 is 0 Å². The van der Waals surface area contributed by atoms with E-state index in [9.17, 15) is 0 Å². The number of hydrogen-bond donors (Lipinski definition) is 0. The molecule has 2 fully saturated rings. The molecule has 14 heavy (non-hydrogen) atoms. The average Bonchev–Trinajstić information content (AvgIpc) is 2.64. The van der Waals surface area contributed by atoms with Crippen LogP contribution >= 0.6 is 0 Å². The molecule has 2 aliphatic heterocycles. The SMILES string of the molecule is c1cc2[n+]3c(c1)C[C@H]1CC4CC(C2)C413. The van der Waals surface area contributed by atoms with Crippen LogP contribution in [0.25, 0.3) is 0 Å². The maximum atomic E-state index is 2.75. The summed E-state index contributed by atoms with van der Waals surface area (Å²) in [5.41, 5.74) is 3.95. The molecule has 4 aliphatic rings. The predicted octanol–water partition coefficient (Wildman–Crippen LogP) is 1.44. The lowest BCUT2D eigenvalue weighted by atomic mass is 9.43. The minimum Gasteiger partial charge on any atom is -0.194 e. The summed E-state index contributed by atoms with van der Waals surface area (Å²) < 4.78 is 2.75. The van der Waals surface area contributed by atoms with Gasteiger partial charge in [0.15, 0.2) is 16.9 Å². The second kappa shape index (κ2) is 1.66. The van der Waals surface area contributed by atoms with E-state index in [0.717, 1.165) is 17.8 Å². The van der Waals surface area contributed by atoms with E-state index < -0.39 is 0 Å². The van der Waals surface area contributed by atoms with Gasteiger partial charge in [-0.3, -0.25) is 0 Å². The van der Waals surface area contributed by atoms with Crippen molar-refractivity contribution >= 4 is 0 Å². The zero-order valence-corrected chi connectivity index (χ0v) is 8.24. The first kappa shape index (κ1) is 6.60. The molecule has 1 nitrogen and oxygen atoms in total. The van der Waals surface area contributed by atoms with Crippen LogP contribution in [0.1, 0.15) is 24.2 Å². The third-order valence-corrected chi connectivity index (χ3v) is 5.55. The molecule has 0 saturated heterocycles. The van der Waals surface area contributed by atoms with Crippen LogP contribution in [0.15, 0.2) is 18.2 Å². The Morgan fingerprint density at radius 3 is 2.21 bits per heavy atom. The third kappa shape index (κ3) is 0.407. The van der Waals surface area contributed by atoms with Gasteiger partial charge in [-0.1, -0.05) is 0 Å². The van der Waals surface area contributed by atoms with Crippen LogP contribution in [0.2, 0.25) is 0 Å². The van der Waals surface area contributed by atoms with Crippen molar-refractivity contribution in [2.45, 2.75) is 31.2 Å². The van der Waals surface area contributed by atoms with Crippen molar-refractivity contribution in [1.29, 1.82) is 0 Å². The Balaban J connectivity index is 1.92. The van der Waals surface area contributed by atoms with Crippen molar-refractivity contribution in [2.24, 2.45) is 17.8 Å². The van der Waals surface area contributed by atoms with Gasteiger partial charge in [0, 0.05) is 42.7 Å². The van der Waals surface area contributed by atoms with Gasteiger partial charge in [-0.2, -0.15) is 4.57 Å². The minimum absolute atomic E-state index is 0.673. The van der Waals surface area contributed by atoms with Crippen LogP contribution in [-0.4, -0.2) is 0 Å². The van der Waals surface area contributed by atoms with E-state index >= 15 is 0 Å². The van der Waals surface area contributed by atoms with Crippen LogP contribution in [-0.2, 0) is 18.4 Å². The van der Waals surface area contributed by atoms with Gasteiger partial charge in [-0.25, -0.2) is 0 Å². The zero-order valence-electron chi connectivity index (χ0n) is 8.24. The lowest BCUT2D eigenvalue weighted by Gasteiger charge is -2.57. The molecule has 2 aliphatic carbocycles. The standard InChI is InChI=1S/C13H14N/c1-2-11-6-9-4-8-5-10-7-12(3-1)14(11)13(8,9)10/h1-3,8-10H,4-7H2/q+1/t8?,9-,10?,13?/m1/s1. The molecule has 0 radical (unpaired) electrons. The van der Waals surface area contributed by atoms with Gasteiger partial charge in [0.2, 0.25) is 0 Å². The predicted molar refractivity (Wildman–Crippen MR) is 51.7 cm³/mol. The first-order valence-corrected chi connectivity index (χ1v) is 5.94. The molecule has 0 bridgehead atoms. The summed E-state index contributed by atoms with van der Waals surface area (Å²) in [5.74, 6) is 3.11. The van der Waals surface area contributed by atoms with Crippen LogP contribution in [0, 0.1) is 17.8 Å². The van der Waals surface area contributed by atoms with Gasteiger partial charge in [-0.05, 0) is 18.9 Å². The van der Waals surface area contributed by atoms with Gasteiger partial charge in [0.1, 0.15) is 0 Å². The molecule has 2 saturated carbocycles. The molecule has 0 amide bonds. The minimum atomic E-state index is 0.673. The highest BCUT2D eigenvalue weighted by Gasteiger charge is 2.79. The molecule has 0 aromatic carbocycles. The van der Waals surface area contributed by atoms with Gasteiger partial charge < -0.3 is 0 Å². The number of rotatable bonds is 0. The van der Waals surface area contributed by atoms with Crippen molar-refractivity contribution in [3.8, 4) is 0 Å². The van der Waals surface area contributed by atoms with E-state index in [1.54, 1.807) is 11.4 Å². The molecule has 1 heteroatoms. The maximum Gasteiger partial charge on any atom is 0.182 e. The summed E-state index contributed by atoms with van der Waals surface area (Å²) in [4.78, 5) is 0. The van der Waals surface area contributed by atoms with Crippen molar-refractivity contribution in [3.63, 3.8) is 0 Å². The third-order valence-electron chi connectivity index (χ3n) is 5.55. The highest BCUT2D eigenvalue weighted by atomic mass is 15.2. The topological polar surface area (TPSA) is 3.88 Å². The molecule has 1 aromatic heterocycles. The Hall–Kier alpha value is -0.850. The fourth-order valence-corrected chi connectivity index (χ4v) is 5.18. The molecule has 1 aromatic rings. The highest BCUT2D eigenvalue weighted by molar-refractivity contribution is 5.25. The Morgan fingerprint density at radius 2 is 1.64 bits per heavy atom. The Kier molecular flexibility index (Phi) is 0.783. The average molecular weight is 184 g/mol. The summed E-state index contributed by atoms with van der Waals surface area (Å²) >= 11 is 0. The Bertz CT molecular complexity index is 428. The van der Waals surface area contributed by atoms with Gasteiger partial charge in [-0.15, -0.1) is 0 Å². The van der Waals surface area contributed by atoms with Crippen molar-refractivity contribution in [3.05, 3.63) is 29.6 Å². The van der Waals surface area contributed by atoms with E-state index in [-0.39, 0.29) is 0 Å². The second-order valence-electron chi connectivity index (χ2n) is 5.70. The fraction of sp³-hybridized carbons (Fsp3) is 0.615. The van der Waals surface area contributed by atoms with Crippen LogP contribution in [0.5, 0.6) is 0 Å². The number of hydrogen-bond acceptors (Lipinski definition) is 0. The van der Waals surface area contributed by atoms with Crippen molar-refractivity contribution in [2.75, 3.05) is 0 Å². The van der Waals surface area contributed by atoms with E-state index in [1.165, 1.54) is 25.7 Å². The summed E-state index contributed by atoms with van der Waals surface area (Å²) in [6.07, 6.45) is 5.80. The molecule has 3 unspecified atom stereocenters. The monoisotopic (exact) mass is 184 g/mol. The van der Waals surface area contributed by atoms with Crippen LogP contribution in [0.3, 0.4) is 0 Å². The van der Waals surface area contributed by atoms with E-state index in [0.29, 0.717) is 5.54 Å². The molecule has 4 atom stereocenters. The molecule has 5 rings (SSSR count). The number of pyridine rings is 1. The van der Waals surface area contributed by atoms with E-state index in [2.05, 4.69) is 22.8 Å². The molecular formula is C13H14N+. The zero-order chi connectivity index (χ0) is 8.91. The highest BCUT2D eigenvalue weighted by Crippen LogP contribution is 2.68. The summed E-state index contributed by atoms with van der Waals surface area (Å²) in [7, 11) is 0. The second-order valence-corrected chi connectivity index (χ2v) is 5.70. The normalized spacial score (nSPS) is 49.3. The summed E-state index contributed by atoms with van der Waals surface area (Å²) in [6.45, 7) is 0. The number of aromatic nitrogens is 1. The molecule has 1 spiro atoms. The fourth-order valence-electron chi connectivity index (χ4n) is 5.18. The lowest BCUT2D eigenvalue weighted by Crippen LogP contribution is -2.74. The molecule has 3 heterocycles. The first-order valence-electron chi connectivity index (χ1n) is 5.94. The van der Waals surface area contributed by atoms with E-state index in [1.807, 2.05) is 0 Å². The largest absolute Gasteiger partial charge is 0.194 e.